The molecule has 0 saturated heterocycles. The minimum absolute atomic E-state index is 0.0578. The molecule has 2 N–H and O–H groups in total. The molecule has 0 radical (unpaired) electrons. The van der Waals surface area contributed by atoms with Crippen LogP contribution in [0.1, 0.15) is 31.0 Å². The van der Waals surface area contributed by atoms with Gasteiger partial charge < -0.3 is 10.3 Å². The summed E-state index contributed by atoms with van der Waals surface area (Å²) in [6, 6.07) is 3.41. The molecule has 1 atom stereocenters. The monoisotopic (exact) mass is 287 g/mol. The van der Waals surface area contributed by atoms with Gasteiger partial charge in [-0.3, -0.25) is 0 Å². The highest BCUT2D eigenvalue weighted by atomic mass is 19.1. The summed E-state index contributed by atoms with van der Waals surface area (Å²) < 4.78 is 58.6. The molecule has 4 heteroatoms. The number of hydrogen-bond acceptors (Lipinski definition) is 3. The fourth-order valence-corrected chi connectivity index (χ4v) is 2.07. The van der Waals surface area contributed by atoms with E-state index in [0.29, 0.717) is 11.3 Å². The topological polar surface area (TPSA) is 52.0 Å². The third-order valence-electron chi connectivity index (χ3n) is 3.25. The second-order valence-corrected chi connectivity index (χ2v) is 4.62. The van der Waals surface area contributed by atoms with Crippen molar-refractivity contribution >= 4 is 5.88 Å². The molecule has 3 rings (SSSR count). The lowest BCUT2D eigenvalue weighted by atomic mass is 9.95. The molecule has 0 aliphatic heterocycles. The van der Waals surface area contributed by atoms with Crippen molar-refractivity contribution in [3.63, 3.8) is 0 Å². The summed E-state index contributed by atoms with van der Waals surface area (Å²) in [6.07, 6.45) is 0. The summed E-state index contributed by atoms with van der Waals surface area (Å²) in [5, 5.41) is 3.81. The maximum atomic E-state index is 14.7. The van der Waals surface area contributed by atoms with Gasteiger partial charge in [-0.25, -0.2) is 4.39 Å². The van der Waals surface area contributed by atoms with E-state index in [1.807, 2.05) is 0 Å². The summed E-state index contributed by atoms with van der Waals surface area (Å²) in [7, 11) is 0. The van der Waals surface area contributed by atoms with E-state index in [2.05, 4.69) is 5.16 Å². The molecular weight excluding hydrogens is 267 g/mol. The van der Waals surface area contributed by atoms with Gasteiger partial charge in [0.05, 0.1) is 12.5 Å². The highest BCUT2D eigenvalue weighted by molar-refractivity contribution is 5.64. The van der Waals surface area contributed by atoms with Gasteiger partial charge in [0, 0.05) is 17.5 Å². The quantitative estimate of drug-likeness (QED) is 0.785. The first-order chi connectivity index (χ1) is 12.2. The fraction of sp³-hybridized carbons (Fsp3) is 0.118. The number of nitrogens with two attached hydrogens (primary N) is 1. The zero-order valence-electron chi connectivity index (χ0n) is 16.2. The normalized spacial score (nSPS) is 15.6. The second kappa shape index (κ2) is 5.40. The molecule has 0 fully saturated rings. The average molecular weight is 287 g/mol. The fourth-order valence-electron chi connectivity index (χ4n) is 2.07. The molecule has 0 bridgehead atoms. The number of hydrogen-bond donors (Lipinski definition) is 1. The average Bonchev–Trinajstić information content (AvgIpc) is 3.05. The number of benzene rings is 2. The lowest BCUT2D eigenvalue weighted by Crippen LogP contribution is -1.98. The van der Waals surface area contributed by atoms with Gasteiger partial charge in [0.1, 0.15) is 5.82 Å². The molecule has 1 aromatic heterocycles. The Labute approximate surface area is 129 Å². The molecule has 21 heavy (non-hydrogen) atoms. The van der Waals surface area contributed by atoms with Gasteiger partial charge in [-0.15, -0.1) is 0 Å². The van der Waals surface area contributed by atoms with Crippen molar-refractivity contribution in [1.29, 1.82) is 0 Å². The van der Waals surface area contributed by atoms with Crippen LogP contribution in [0, 0.1) is 5.82 Å². The molecule has 0 aliphatic rings. The largest absolute Gasteiger partial charge is 0.368 e. The van der Waals surface area contributed by atoms with Crippen LogP contribution in [0.15, 0.2) is 59.0 Å². The Morgan fingerprint density at radius 2 is 2.00 bits per heavy atom. The van der Waals surface area contributed by atoms with E-state index < -0.39 is 36.0 Å². The molecule has 2 aromatic carbocycles. The van der Waals surface area contributed by atoms with E-state index >= 15 is 0 Å². The molecule has 1 unspecified atom stereocenters. The smallest absolute Gasteiger partial charge is 0.222 e. The Bertz CT molecular complexity index is 976. The number of anilines is 1. The molecule has 106 valence electrons. The van der Waals surface area contributed by atoms with Gasteiger partial charge in [-0.1, -0.05) is 54.4 Å². The lowest BCUT2D eigenvalue weighted by molar-refractivity contribution is 0.425. The molecule has 3 aromatic rings. The third kappa shape index (κ3) is 2.65. The van der Waals surface area contributed by atoms with Crippen LogP contribution in [0.3, 0.4) is 0 Å². The van der Waals surface area contributed by atoms with Gasteiger partial charge in [0.15, 0.2) is 0 Å². The molecular formula is C17H15FN2O. The summed E-state index contributed by atoms with van der Waals surface area (Å²) in [4.78, 5) is 0. The molecule has 0 saturated carbocycles. The van der Waals surface area contributed by atoms with E-state index in [-0.39, 0.29) is 22.9 Å². The third-order valence-corrected chi connectivity index (χ3v) is 3.25. The highest BCUT2D eigenvalue weighted by Gasteiger charge is 2.15. The Balaban J connectivity index is 2.10. The first-order valence-electron chi connectivity index (χ1n) is 8.81. The Kier molecular flexibility index (Phi) is 2.22. The number of aromatic nitrogens is 1. The van der Waals surface area contributed by atoms with Crippen molar-refractivity contribution in [2.24, 2.45) is 0 Å². The van der Waals surface area contributed by atoms with Crippen molar-refractivity contribution in [2.45, 2.75) is 12.8 Å². The first kappa shape index (κ1) is 8.62. The Morgan fingerprint density at radius 3 is 2.62 bits per heavy atom. The first-order valence-corrected chi connectivity index (χ1v) is 6.31. The van der Waals surface area contributed by atoms with E-state index in [0.717, 1.165) is 0 Å². The van der Waals surface area contributed by atoms with Crippen LogP contribution in [0.25, 0.3) is 11.1 Å². The molecule has 0 spiro atoms. The number of nitrogens with zero attached hydrogens (tertiary/aromatic N) is 1. The Hall–Kier alpha value is -2.62. The second-order valence-electron chi connectivity index (χ2n) is 4.62. The van der Waals surface area contributed by atoms with Crippen molar-refractivity contribution < 1.29 is 15.8 Å². The highest BCUT2D eigenvalue weighted by Crippen LogP contribution is 2.29. The number of rotatable bonds is 3. The SMILES string of the molecule is [2H]c1c([2H])c([2H])c(-c2ccc(C(C)c3cc(N)on3)cc2F)c([2H])c1[2H]. The van der Waals surface area contributed by atoms with Crippen molar-refractivity contribution in [3.05, 3.63) is 71.6 Å². The van der Waals surface area contributed by atoms with Crippen LogP contribution in [0.5, 0.6) is 0 Å². The lowest BCUT2D eigenvalue weighted by Gasteiger charge is -2.11. The van der Waals surface area contributed by atoms with Crippen LogP contribution >= 0.6 is 0 Å². The van der Waals surface area contributed by atoms with Crippen LogP contribution in [-0.2, 0) is 0 Å². The van der Waals surface area contributed by atoms with Crippen LogP contribution in [0.2, 0.25) is 0 Å². The zero-order valence-corrected chi connectivity index (χ0v) is 11.2. The molecule has 3 nitrogen and oxygen atoms in total. The van der Waals surface area contributed by atoms with Crippen molar-refractivity contribution in [2.75, 3.05) is 5.73 Å². The van der Waals surface area contributed by atoms with Crippen molar-refractivity contribution in [1.82, 2.24) is 5.16 Å². The van der Waals surface area contributed by atoms with Gasteiger partial charge in [0.25, 0.3) is 0 Å². The Morgan fingerprint density at radius 1 is 1.24 bits per heavy atom. The number of nitrogen functional groups attached to an aromatic ring is 1. The van der Waals surface area contributed by atoms with Gasteiger partial charge in [-0.2, -0.15) is 0 Å². The molecule has 1 heterocycles. The van der Waals surface area contributed by atoms with E-state index in [1.165, 1.54) is 12.1 Å². The predicted molar refractivity (Wildman–Crippen MR) is 80.3 cm³/mol. The molecule has 0 aliphatic carbocycles. The van der Waals surface area contributed by atoms with Crippen LogP contribution < -0.4 is 5.73 Å². The summed E-state index contributed by atoms with van der Waals surface area (Å²) >= 11 is 0. The van der Waals surface area contributed by atoms with Crippen molar-refractivity contribution in [3.8, 4) is 11.1 Å². The standard InChI is InChI=1S/C17H15FN2O/c1-11(16-10-17(19)21-20-16)13-7-8-14(15(18)9-13)12-5-3-2-4-6-12/h2-11H,19H2,1H3/i2D,3D,4D,5D,6D. The molecule has 0 amide bonds. The minimum Gasteiger partial charge on any atom is -0.368 e. The van der Waals surface area contributed by atoms with Gasteiger partial charge in [0.2, 0.25) is 5.88 Å². The zero-order chi connectivity index (χ0) is 19.2. The van der Waals surface area contributed by atoms with Gasteiger partial charge in [-0.05, 0) is 17.2 Å². The van der Waals surface area contributed by atoms with Crippen LogP contribution in [0.4, 0.5) is 10.3 Å². The minimum atomic E-state index is -0.690. The summed E-state index contributed by atoms with van der Waals surface area (Å²) in [6.45, 7) is 1.80. The van der Waals surface area contributed by atoms with E-state index in [4.69, 9.17) is 17.1 Å². The van der Waals surface area contributed by atoms with E-state index in [9.17, 15) is 4.39 Å². The predicted octanol–water partition coefficient (Wildman–Crippen LogP) is 4.21. The van der Waals surface area contributed by atoms with Crippen LogP contribution in [-0.4, -0.2) is 5.16 Å². The van der Waals surface area contributed by atoms with Gasteiger partial charge >= 0.3 is 0 Å². The maximum Gasteiger partial charge on any atom is 0.222 e. The van der Waals surface area contributed by atoms with E-state index in [1.54, 1.807) is 19.1 Å². The maximum absolute atomic E-state index is 14.7. The summed E-state index contributed by atoms with van der Waals surface area (Å²) in [5.41, 5.74) is 6.41. The number of halogens is 1. The summed E-state index contributed by atoms with van der Waals surface area (Å²) in [5.74, 6) is -0.827.